The summed E-state index contributed by atoms with van der Waals surface area (Å²) in [5.74, 6) is -2.65. The molecule has 0 aromatic heterocycles. The number of rotatable bonds is 5. The summed E-state index contributed by atoms with van der Waals surface area (Å²) < 4.78 is 27.4. The smallest absolute Gasteiger partial charge is 0.325 e. The molecule has 0 saturated carbocycles. The molecule has 0 bridgehead atoms. The first-order chi connectivity index (χ1) is 11.1. The summed E-state index contributed by atoms with van der Waals surface area (Å²) in [5, 5.41) is 4.93. The van der Waals surface area contributed by atoms with Gasteiger partial charge in [0.05, 0.1) is 0 Å². The summed E-state index contributed by atoms with van der Waals surface area (Å²) >= 11 is 0. The van der Waals surface area contributed by atoms with E-state index in [1.807, 2.05) is 13.8 Å². The van der Waals surface area contributed by atoms with E-state index in [1.165, 1.54) is 6.92 Å². The molecule has 1 aromatic rings. The van der Waals surface area contributed by atoms with Crippen molar-refractivity contribution in [3.05, 3.63) is 35.4 Å². The van der Waals surface area contributed by atoms with Gasteiger partial charge in [-0.05, 0) is 31.0 Å². The van der Waals surface area contributed by atoms with Gasteiger partial charge >= 0.3 is 6.03 Å². The van der Waals surface area contributed by atoms with Crippen LogP contribution >= 0.6 is 0 Å². The Labute approximate surface area is 138 Å². The van der Waals surface area contributed by atoms with E-state index in [2.05, 4.69) is 10.6 Å². The Bertz CT molecular complexity index is 693. The Morgan fingerprint density at radius 1 is 1.33 bits per heavy atom. The summed E-state index contributed by atoms with van der Waals surface area (Å²) in [5.41, 5.74) is -2.05. The van der Waals surface area contributed by atoms with Crippen molar-refractivity contribution in [3.63, 3.8) is 0 Å². The van der Waals surface area contributed by atoms with E-state index >= 15 is 0 Å². The average Bonchev–Trinajstić information content (AvgIpc) is 2.72. The standard InChI is InChI=1S/C16H19F2N3O3/c1-9(2)7-19-13(22)8-21-14(23)16(3,20-15(21)24)11-6-10(17)4-5-12(11)18/h4-6,9H,7-8H2,1-3H3,(H,19,22)(H,20,24)/t16-/m1/s1. The van der Waals surface area contributed by atoms with Crippen molar-refractivity contribution in [2.45, 2.75) is 26.3 Å². The first-order valence-electron chi connectivity index (χ1n) is 7.51. The molecule has 6 nitrogen and oxygen atoms in total. The number of nitrogens with zero attached hydrogens (tertiary/aromatic N) is 1. The predicted octanol–water partition coefficient (Wildman–Crippen LogP) is 1.50. The van der Waals surface area contributed by atoms with Gasteiger partial charge in [0.15, 0.2) is 0 Å². The molecular formula is C16H19F2N3O3. The van der Waals surface area contributed by atoms with E-state index in [0.717, 1.165) is 18.2 Å². The van der Waals surface area contributed by atoms with Crippen molar-refractivity contribution in [2.75, 3.05) is 13.1 Å². The predicted molar refractivity (Wildman–Crippen MR) is 81.8 cm³/mol. The molecule has 1 aliphatic rings. The lowest BCUT2D eigenvalue weighted by Gasteiger charge is -2.22. The molecule has 1 fully saturated rings. The van der Waals surface area contributed by atoms with Crippen LogP contribution in [0.3, 0.4) is 0 Å². The Kier molecular flexibility index (Phi) is 4.86. The van der Waals surface area contributed by atoms with Crippen LogP contribution in [0.15, 0.2) is 18.2 Å². The highest BCUT2D eigenvalue weighted by molar-refractivity contribution is 6.09. The van der Waals surface area contributed by atoms with E-state index < -0.39 is 41.6 Å². The van der Waals surface area contributed by atoms with Crippen LogP contribution in [0.2, 0.25) is 0 Å². The monoisotopic (exact) mass is 339 g/mol. The molecule has 0 spiro atoms. The van der Waals surface area contributed by atoms with E-state index in [-0.39, 0.29) is 11.5 Å². The van der Waals surface area contributed by atoms with Crippen LogP contribution in [0, 0.1) is 17.6 Å². The van der Waals surface area contributed by atoms with Crippen LogP contribution in [0.5, 0.6) is 0 Å². The number of benzene rings is 1. The zero-order valence-corrected chi connectivity index (χ0v) is 13.7. The molecule has 4 amide bonds. The minimum absolute atomic E-state index is 0.212. The Balaban J connectivity index is 2.21. The van der Waals surface area contributed by atoms with Gasteiger partial charge in [0.25, 0.3) is 5.91 Å². The molecule has 0 radical (unpaired) electrons. The molecule has 2 rings (SSSR count). The highest BCUT2D eigenvalue weighted by Gasteiger charge is 2.50. The van der Waals surface area contributed by atoms with Crippen LogP contribution in [0.25, 0.3) is 0 Å². The molecular weight excluding hydrogens is 320 g/mol. The topological polar surface area (TPSA) is 78.5 Å². The van der Waals surface area contributed by atoms with Gasteiger partial charge < -0.3 is 10.6 Å². The van der Waals surface area contributed by atoms with E-state index in [0.29, 0.717) is 11.4 Å². The number of urea groups is 1. The highest BCUT2D eigenvalue weighted by atomic mass is 19.1. The van der Waals surface area contributed by atoms with E-state index in [4.69, 9.17) is 0 Å². The zero-order chi connectivity index (χ0) is 18.1. The number of amides is 4. The average molecular weight is 339 g/mol. The molecule has 8 heteroatoms. The Hall–Kier alpha value is -2.51. The van der Waals surface area contributed by atoms with Gasteiger partial charge in [-0.1, -0.05) is 13.8 Å². The molecule has 1 saturated heterocycles. The van der Waals surface area contributed by atoms with Gasteiger partial charge in [0, 0.05) is 12.1 Å². The normalized spacial score (nSPS) is 20.5. The molecule has 1 heterocycles. The lowest BCUT2D eigenvalue weighted by molar-refractivity contribution is -0.134. The minimum Gasteiger partial charge on any atom is -0.354 e. The second-order valence-electron chi connectivity index (χ2n) is 6.27. The van der Waals surface area contributed by atoms with Crippen molar-refractivity contribution in [3.8, 4) is 0 Å². The minimum atomic E-state index is -1.76. The lowest BCUT2D eigenvalue weighted by atomic mass is 9.91. The van der Waals surface area contributed by atoms with Gasteiger partial charge in [-0.15, -0.1) is 0 Å². The maximum absolute atomic E-state index is 14.0. The maximum Gasteiger partial charge on any atom is 0.325 e. The zero-order valence-electron chi connectivity index (χ0n) is 13.7. The Morgan fingerprint density at radius 2 is 2.00 bits per heavy atom. The SMILES string of the molecule is CC(C)CNC(=O)CN1C(=O)N[C@](C)(c2cc(F)ccc2F)C1=O. The Morgan fingerprint density at radius 3 is 2.62 bits per heavy atom. The van der Waals surface area contributed by atoms with Gasteiger partial charge in [-0.2, -0.15) is 0 Å². The molecule has 1 aliphatic heterocycles. The van der Waals surface area contributed by atoms with E-state index in [1.54, 1.807) is 0 Å². The third-order valence-electron chi connectivity index (χ3n) is 3.75. The van der Waals surface area contributed by atoms with Gasteiger partial charge in [0.1, 0.15) is 23.7 Å². The van der Waals surface area contributed by atoms with Crippen molar-refractivity contribution in [2.24, 2.45) is 5.92 Å². The second kappa shape index (κ2) is 6.54. The molecule has 24 heavy (non-hydrogen) atoms. The van der Waals surface area contributed by atoms with Crippen LogP contribution in [0.1, 0.15) is 26.3 Å². The number of hydrogen-bond donors (Lipinski definition) is 2. The first-order valence-corrected chi connectivity index (χ1v) is 7.51. The molecule has 1 atom stereocenters. The van der Waals surface area contributed by atoms with Crippen LogP contribution in [-0.2, 0) is 15.1 Å². The van der Waals surface area contributed by atoms with Crippen molar-refractivity contribution in [1.29, 1.82) is 0 Å². The quantitative estimate of drug-likeness (QED) is 0.798. The number of nitrogens with one attached hydrogen (secondary N) is 2. The summed E-state index contributed by atoms with van der Waals surface area (Å²) in [6, 6.07) is 1.83. The number of halogens is 2. The maximum atomic E-state index is 14.0. The summed E-state index contributed by atoms with van der Waals surface area (Å²) in [6.45, 7) is 4.99. The molecule has 1 aromatic carbocycles. The number of carbonyl (C=O) groups excluding carboxylic acids is 3. The fourth-order valence-corrected chi connectivity index (χ4v) is 2.42. The number of carbonyl (C=O) groups is 3. The molecule has 0 aliphatic carbocycles. The van der Waals surface area contributed by atoms with Gasteiger partial charge in [-0.3, -0.25) is 14.5 Å². The van der Waals surface area contributed by atoms with Crippen molar-refractivity contribution < 1.29 is 23.2 Å². The van der Waals surface area contributed by atoms with Gasteiger partial charge in [0.2, 0.25) is 5.91 Å². The molecule has 130 valence electrons. The van der Waals surface area contributed by atoms with Crippen LogP contribution in [-0.4, -0.2) is 35.8 Å². The van der Waals surface area contributed by atoms with Crippen molar-refractivity contribution >= 4 is 17.8 Å². The van der Waals surface area contributed by atoms with E-state index in [9.17, 15) is 23.2 Å². The molecule has 2 N–H and O–H groups in total. The number of hydrogen-bond acceptors (Lipinski definition) is 3. The second-order valence-corrected chi connectivity index (χ2v) is 6.27. The first kappa shape index (κ1) is 17.8. The lowest BCUT2D eigenvalue weighted by Crippen LogP contribution is -2.44. The highest BCUT2D eigenvalue weighted by Crippen LogP contribution is 2.31. The molecule has 0 unspecified atom stereocenters. The van der Waals surface area contributed by atoms with Crippen LogP contribution < -0.4 is 10.6 Å². The fourth-order valence-electron chi connectivity index (χ4n) is 2.42. The number of imide groups is 1. The third-order valence-corrected chi connectivity index (χ3v) is 3.75. The largest absolute Gasteiger partial charge is 0.354 e. The third kappa shape index (κ3) is 3.37. The summed E-state index contributed by atoms with van der Waals surface area (Å²) in [6.07, 6.45) is 0. The van der Waals surface area contributed by atoms with Crippen molar-refractivity contribution in [1.82, 2.24) is 15.5 Å². The summed E-state index contributed by atoms with van der Waals surface area (Å²) in [4.78, 5) is 37.1. The van der Waals surface area contributed by atoms with Gasteiger partial charge in [-0.25, -0.2) is 13.6 Å². The fraction of sp³-hybridized carbons (Fsp3) is 0.438. The summed E-state index contributed by atoms with van der Waals surface area (Å²) in [7, 11) is 0. The van der Waals surface area contributed by atoms with Crippen LogP contribution in [0.4, 0.5) is 13.6 Å².